The zero-order chi connectivity index (χ0) is 11.2. The van der Waals surface area contributed by atoms with Crippen LogP contribution in [0.4, 0.5) is 0 Å². The highest BCUT2D eigenvalue weighted by atomic mass is 35.5. The molecule has 2 rings (SSSR count). The van der Waals surface area contributed by atoms with Crippen LogP contribution in [0.3, 0.4) is 0 Å². The molecule has 1 aromatic carbocycles. The Bertz CT molecular complexity index is 323. The third-order valence-corrected chi connectivity index (χ3v) is 3.27. The van der Waals surface area contributed by atoms with Crippen molar-refractivity contribution >= 4 is 11.6 Å². The van der Waals surface area contributed by atoms with Gasteiger partial charge in [-0.25, -0.2) is 0 Å². The van der Waals surface area contributed by atoms with Crippen LogP contribution in [-0.2, 0) is 0 Å². The summed E-state index contributed by atoms with van der Waals surface area (Å²) in [6.45, 7) is 1.93. The lowest BCUT2D eigenvalue weighted by molar-refractivity contribution is 0.299. The van der Waals surface area contributed by atoms with Crippen molar-refractivity contribution in [3.05, 3.63) is 29.3 Å². The van der Waals surface area contributed by atoms with Gasteiger partial charge in [0.2, 0.25) is 0 Å². The molecule has 0 bridgehead atoms. The second-order valence-electron chi connectivity index (χ2n) is 4.21. The summed E-state index contributed by atoms with van der Waals surface area (Å²) in [7, 11) is 0. The molecular formula is C13H18ClNO. The molecule has 88 valence electrons. The number of halogens is 1. The van der Waals surface area contributed by atoms with Gasteiger partial charge >= 0.3 is 0 Å². The van der Waals surface area contributed by atoms with Crippen LogP contribution in [0.2, 0.25) is 5.02 Å². The SMILES string of the molecule is Clc1ccccc1OCCCC1CCCN1. The van der Waals surface area contributed by atoms with E-state index in [-0.39, 0.29) is 0 Å². The lowest BCUT2D eigenvalue weighted by Crippen LogP contribution is -2.21. The number of hydrogen-bond acceptors (Lipinski definition) is 2. The fourth-order valence-electron chi connectivity index (χ4n) is 2.08. The maximum absolute atomic E-state index is 5.99. The van der Waals surface area contributed by atoms with Gasteiger partial charge in [0.25, 0.3) is 0 Å². The summed E-state index contributed by atoms with van der Waals surface area (Å²) in [5.41, 5.74) is 0. The molecule has 0 saturated carbocycles. The Hall–Kier alpha value is -0.730. The van der Waals surface area contributed by atoms with E-state index in [1.807, 2.05) is 24.3 Å². The van der Waals surface area contributed by atoms with E-state index in [4.69, 9.17) is 16.3 Å². The smallest absolute Gasteiger partial charge is 0.137 e. The molecular weight excluding hydrogens is 222 g/mol. The molecule has 0 radical (unpaired) electrons. The minimum Gasteiger partial charge on any atom is -0.492 e. The molecule has 0 amide bonds. The molecule has 0 spiro atoms. The van der Waals surface area contributed by atoms with E-state index in [1.54, 1.807) is 0 Å². The molecule has 1 aromatic rings. The number of benzene rings is 1. The van der Waals surface area contributed by atoms with Gasteiger partial charge in [-0.2, -0.15) is 0 Å². The normalized spacial score (nSPS) is 19.9. The molecule has 1 heterocycles. The minimum absolute atomic E-state index is 0.696. The summed E-state index contributed by atoms with van der Waals surface area (Å²) in [6, 6.07) is 8.33. The number of para-hydroxylation sites is 1. The summed E-state index contributed by atoms with van der Waals surface area (Å²) >= 11 is 5.99. The van der Waals surface area contributed by atoms with Crippen LogP contribution in [0.1, 0.15) is 25.7 Å². The zero-order valence-electron chi connectivity index (χ0n) is 9.42. The number of ether oxygens (including phenoxy) is 1. The topological polar surface area (TPSA) is 21.3 Å². The summed E-state index contributed by atoms with van der Waals surface area (Å²) in [5.74, 6) is 0.795. The van der Waals surface area contributed by atoms with E-state index in [0.717, 1.165) is 18.8 Å². The van der Waals surface area contributed by atoms with Gasteiger partial charge in [-0.15, -0.1) is 0 Å². The molecule has 2 nitrogen and oxygen atoms in total. The first-order valence-corrected chi connectivity index (χ1v) is 6.35. The first-order valence-electron chi connectivity index (χ1n) is 5.97. The van der Waals surface area contributed by atoms with Gasteiger partial charge in [-0.1, -0.05) is 23.7 Å². The second kappa shape index (κ2) is 6.12. The van der Waals surface area contributed by atoms with Gasteiger partial charge < -0.3 is 10.1 Å². The average molecular weight is 240 g/mol. The van der Waals surface area contributed by atoms with Crippen molar-refractivity contribution < 1.29 is 4.74 Å². The van der Waals surface area contributed by atoms with Gasteiger partial charge in [0, 0.05) is 6.04 Å². The maximum atomic E-state index is 5.99. The summed E-state index contributed by atoms with van der Waals surface area (Å²) in [6.07, 6.45) is 4.91. The molecule has 0 aliphatic carbocycles. The molecule has 3 heteroatoms. The Morgan fingerprint density at radius 1 is 1.38 bits per heavy atom. The Kier molecular flexibility index (Phi) is 4.49. The van der Waals surface area contributed by atoms with Gasteiger partial charge in [0.1, 0.15) is 5.75 Å². The Morgan fingerprint density at radius 3 is 3.00 bits per heavy atom. The monoisotopic (exact) mass is 239 g/mol. The predicted molar refractivity (Wildman–Crippen MR) is 67.2 cm³/mol. The summed E-state index contributed by atoms with van der Waals surface area (Å²) in [5, 5.41) is 4.18. The predicted octanol–water partition coefficient (Wildman–Crippen LogP) is 3.25. The second-order valence-corrected chi connectivity index (χ2v) is 4.62. The first-order chi connectivity index (χ1) is 7.86. The molecule has 1 N–H and O–H groups in total. The highest BCUT2D eigenvalue weighted by molar-refractivity contribution is 6.32. The summed E-state index contributed by atoms with van der Waals surface area (Å²) in [4.78, 5) is 0. The largest absolute Gasteiger partial charge is 0.492 e. The number of rotatable bonds is 5. The van der Waals surface area contributed by atoms with Crippen LogP contribution in [0.5, 0.6) is 5.75 Å². The van der Waals surface area contributed by atoms with Gasteiger partial charge in [-0.05, 0) is 44.4 Å². The molecule has 1 atom stereocenters. The molecule has 1 saturated heterocycles. The van der Waals surface area contributed by atoms with Crippen molar-refractivity contribution in [2.45, 2.75) is 31.7 Å². The third-order valence-electron chi connectivity index (χ3n) is 2.95. The molecule has 0 aromatic heterocycles. The van der Waals surface area contributed by atoms with Crippen molar-refractivity contribution in [3.8, 4) is 5.75 Å². The number of nitrogens with one attached hydrogen (secondary N) is 1. The van der Waals surface area contributed by atoms with Crippen LogP contribution in [0.15, 0.2) is 24.3 Å². The standard InChI is InChI=1S/C13H18ClNO/c14-12-7-1-2-8-13(12)16-10-4-6-11-5-3-9-15-11/h1-2,7-8,11,15H,3-6,9-10H2. The van der Waals surface area contributed by atoms with Crippen LogP contribution in [0, 0.1) is 0 Å². The van der Waals surface area contributed by atoms with Gasteiger partial charge in [-0.3, -0.25) is 0 Å². The Morgan fingerprint density at radius 2 is 2.25 bits per heavy atom. The van der Waals surface area contributed by atoms with E-state index in [2.05, 4.69) is 5.32 Å². The van der Waals surface area contributed by atoms with Crippen molar-refractivity contribution in [1.29, 1.82) is 0 Å². The highest BCUT2D eigenvalue weighted by Gasteiger charge is 2.12. The molecule has 1 fully saturated rings. The van der Waals surface area contributed by atoms with Crippen molar-refractivity contribution in [2.75, 3.05) is 13.2 Å². The zero-order valence-corrected chi connectivity index (χ0v) is 10.2. The molecule has 16 heavy (non-hydrogen) atoms. The van der Waals surface area contributed by atoms with Gasteiger partial charge in [0.05, 0.1) is 11.6 Å². The number of hydrogen-bond donors (Lipinski definition) is 1. The van der Waals surface area contributed by atoms with E-state index in [9.17, 15) is 0 Å². The van der Waals surface area contributed by atoms with E-state index in [0.29, 0.717) is 11.1 Å². The maximum Gasteiger partial charge on any atom is 0.137 e. The Labute approximate surface area is 102 Å². The van der Waals surface area contributed by atoms with Crippen LogP contribution < -0.4 is 10.1 Å². The highest BCUT2D eigenvalue weighted by Crippen LogP contribution is 2.23. The van der Waals surface area contributed by atoms with Crippen molar-refractivity contribution in [1.82, 2.24) is 5.32 Å². The molecule has 1 aliphatic heterocycles. The van der Waals surface area contributed by atoms with Crippen molar-refractivity contribution in [2.24, 2.45) is 0 Å². The molecule has 1 aliphatic rings. The van der Waals surface area contributed by atoms with E-state index in [1.165, 1.54) is 25.8 Å². The van der Waals surface area contributed by atoms with Crippen LogP contribution in [0.25, 0.3) is 0 Å². The fraction of sp³-hybridized carbons (Fsp3) is 0.538. The lowest BCUT2D eigenvalue weighted by Gasteiger charge is -2.11. The molecule has 1 unspecified atom stereocenters. The van der Waals surface area contributed by atoms with Crippen molar-refractivity contribution in [3.63, 3.8) is 0 Å². The lowest BCUT2D eigenvalue weighted by atomic mass is 10.1. The third kappa shape index (κ3) is 3.39. The first kappa shape index (κ1) is 11.7. The van der Waals surface area contributed by atoms with Crippen LogP contribution >= 0.6 is 11.6 Å². The minimum atomic E-state index is 0.696. The fourth-order valence-corrected chi connectivity index (χ4v) is 2.27. The van der Waals surface area contributed by atoms with Gasteiger partial charge in [0.15, 0.2) is 0 Å². The van der Waals surface area contributed by atoms with E-state index < -0.39 is 0 Å². The Balaban J connectivity index is 1.66. The summed E-state index contributed by atoms with van der Waals surface area (Å²) < 4.78 is 5.64. The average Bonchev–Trinajstić information content (AvgIpc) is 2.79. The van der Waals surface area contributed by atoms with Crippen LogP contribution in [-0.4, -0.2) is 19.2 Å². The quantitative estimate of drug-likeness (QED) is 0.797. The van der Waals surface area contributed by atoms with E-state index >= 15 is 0 Å².